The summed E-state index contributed by atoms with van der Waals surface area (Å²) in [7, 11) is 1.98. The second kappa shape index (κ2) is 10.3. The smallest absolute Gasteiger partial charge is 0.350 e. The first-order chi connectivity index (χ1) is 17.0. The molecule has 0 amide bonds. The van der Waals surface area contributed by atoms with Crippen molar-refractivity contribution in [3.05, 3.63) is 58.7 Å². The summed E-state index contributed by atoms with van der Waals surface area (Å²) in [6, 6.07) is 8.21. The van der Waals surface area contributed by atoms with E-state index in [0.717, 1.165) is 39.1 Å². The van der Waals surface area contributed by atoms with E-state index >= 15 is 0 Å². The number of carbonyl (C=O) groups is 1. The van der Waals surface area contributed by atoms with Gasteiger partial charge in [-0.2, -0.15) is 0 Å². The van der Waals surface area contributed by atoms with Crippen molar-refractivity contribution in [3.63, 3.8) is 0 Å². The van der Waals surface area contributed by atoms with Crippen LogP contribution in [-0.4, -0.2) is 51.4 Å². The number of nitrogens with zero attached hydrogens (tertiary/aromatic N) is 2. The average Bonchev–Trinajstić information content (AvgIpc) is 3.38. The Bertz CT molecular complexity index is 1290. The van der Waals surface area contributed by atoms with Crippen LogP contribution in [-0.2, 0) is 15.7 Å². The molecule has 9 heteroatoms. The molecule has 0 radical (unpaired) electrons. The zero-order valence-corrected chi connectivity index (χ0v) is 24.0. The summed E-state index contributed by atoms with van der Waals surface area (Å²) < 4.78 is 12.7. The lowest BCUT2D eigenvalue weighted by Gasteiger charge is -2.35. The summed E-state index contributed by atoms with van der Waals surface area (Å²) in [5.74, 6) is -0.322. The Morgan fingerprint density at radius 2 is 2.00 bits per heavy atom. The van der Waals surface area contributed by atoms with E-state index in [-0.39, 0.29) is 11.0 Å². The van der Waals surface area contributed by atoms with E-state index in [4.69, 9.17) is 9.26 Å². The summed E-state index contributed by atoms with van der Waals surface area (Å²) in [6.45, 7) is 12.2. The van der Waals surface area contributed by atoms with Gasteiger partial charge in [-0.25, -0.2) is 4.79 Å². The van der Waals surface area contributed by atoms with Crippen LogP contribution in [0.2, 0.25) is 18.1 Å². The SMILES string of the molecule is CN(C)CCOC(=O)c1sc2cnccc2c1Nc1ccc2c(c1)CC=C2NO[Si](C)(C)C(C)(C)C. The predicted octanol–water partition coefficient (Wildman–Crippen LogP) is 6.18. The molecule has 0 spiro atoms. The minimum Gasteiger partial charge on any atom is -0.460 e. The first-order valence-electron chi connectivity index (χ1n) is 12.2. The predicted molar refractivity (Wildman–Crippen MR) is 151 cm³/mol. The molecule has 192 valence electrons. The van der Waals surface area contributed by atoms with Crippen LogP contribution in [0.4, 0.5) is 11.4 Å². The maximum Gasteiger partial charge on any atom is 0.350 e. The van der Waals surface area contributed by atoms with Gasteiger partial charge in [-0.3, -0.25) is 10.5 Å². The molecule has 1 aliphatic carbocycles. The van der Waals surface area contributed by atoms with Gasteiger partial charge in [0.15, 0.2) is 0 Å². The number of rotatable bonds is 9. The van der Waals surface area contributed by atoms with Gasteiger partial charge >= 0.3 is 5.97 Å². The highest BCUT2D eigenvalue weighted by molar-refractivity contribution is 7.21. The molecule has 2 aromatic heterocycles. The maximum atomic E-state index is 12.9. The number of hydrogen-bond donors (Lipinski definition) is 2. The van der Waals surface area contributed by atoms with Gasteiger partial charge in [-0.15, -0.1) is 11.3 Å². The van der Waals surface area contributed by atoms with Gasteiger partial charge in [0.1, 0.15) is 11.5 Å². The fraction of sp³-hybridized carbons (Fsp3) is 0.407. The van der Waals surface area contributed by atoms with Gasteiger partial charge in [0, 0.05) is 35.6 Å². The molecular weight excluding hydrogens is 488 g/mol. The molecule has 0 aliphatic heterocycles. The van der Waals surface area contributed by atoms with E-state index in [0.29, 0.717) is 18.0 Å². The number of benzene rings is 1. The molecule has 0 saturated carbocycles. The second-order valence-electron chi connectivity index (χ2n) is 10.9. The number of thiophene rings is 1. The molecule has 0 atom stereocenters. The van der Waals surface area contributed by atoms with Gasteiger partial charge < -0.3 is 19.5 Å². The van der Waals surface area contributed by atoms with Crippen molar-refractivity contribution >= 4 is 52.8 Å². The van der Waals surface area contributed by atoms with Crippen molar-refractivity contribution in [2.24, 2.45) is 0 Å². The van der Waals surface area contributed by atoms with Crippen LogP contribution in [0.3, 0.4) is 0 Å². The normalized spacial score (nSPS) is 13.6. The van der Waals surface area contributed by atoms with Crippen molar-refractivity contribution in [2.45, 2.75) is 45.3 Å². The third-order valence-corrected chi connectivity index (χ3v) is 12.2. The summed E-state index contributed by atoms with van der Waals surface area (Å²) in [6.07, 6.45) is 6.52. The Balaban J connectivity index is 1.53. The zero-order chi connectivity index (χ0) is 26.1. The van der Waals surface area contributed by atoms with Gasteiger partial charge in [-0.1, -0.05) is 32.9 Å². The number of esters is 1. The molecule has 0 fully saturated rings. The molecule has 0 unspecified atom stereocenters. The highest BCUT2D eigenvalue weighted by Gasteiger charge is 2.38. The van der Waals surface area contributed by atoms with Crippen LogP contribution >= 0.6 is 11.3 Å². The summed E-state index contributed by atoms with van der Waals surface area (Å²) >= 11 is 1.40. The third kappa shape index (κ3) is 5.64. The van der Waals surface area contributed by atoms with Crippen LogP contribution in [0, 0.1) is 0 Å². The highest BCUT2D eigenvalue weighted by Crippen LogP contribution is 2.39. The van der Waals surface area contributed by atoms with E-state index < -0.39 is 8.32 Å². The van der Waals surface area contributed by atoms with E-state index in [1.54, 1.807) is 12.4 Å². The van der Waals surface area contributed by atoms with Crippen LogP contribution in [0.25, 0.3) is 15.8 Å². The van der Waals surface area contributed by atoms with Crippen molar-refractivity contribution < 1.29 is 14.1 Å². The number of aromatic nitrogens is 1. The number of ether oxygens (including phenoxy) is 1. The molecule has 1 aromatic carbocycles. The fourth-order valence-electron chi connectivity index (χ4n) is 3.61. The maximum absolute atomic E-state index is 12.9. The fourth-order valence-corrected chi connectivity index (χ4v) is 5.30. The number of allylic oxidation sites excluding steroid dienone is 1. The molecule has 2 heterocycles. The van der Waals surface area contributed by atoms with E-state index in [9.17, 15) is 4.79 Å². The van der Waals surface area contributed by atoms with Crippen molar-refractivity contribution in [1.29, 1.82) is 0 Å². The molecule has 36 heavy (non-hydrogen) atoms. The number of hydroxylamine groups is 1. The highest BCUT2D eigenvalue weighted by atomic mass is 32.1. The van der Waals surface area contributed by atoms with Crippen molar-refractivity contribution in [2.75, 3.05) is 32.6 Å². The van der Waals surface area contributed by atoms with Crippen LogP contribution in [0.5, 0.6) is 0 Å². The summed E-state index contributed by atoms with van der Waals surface area (Å²) in [5.41, 5.74) is 8.30. The monoisotopic (exact) mass is 524 g/mol. The lowest BCUT2D eigenvalue weighted by molar-refractivity contribution is 0.0488. The molecule has 7 nitrogen and oxygen atoms in total. The Morgan fingerprint density at radius 3 is 2.72 bits per heavy atom. The summed E-state index contributed by atoms with van der Waals surface area (Å²) in [5, 5.41) is 4.58. The van der Waals surface area contributed by atoms with Gasteiger partial charge in [0.25, 0.3) is 0 Å². The molecule has 1 aliphatic rings. The zero-order valence-electron chi connectivity index (χ0n) is 22.2. The van der Waals surface area contributed by atoms with Crippen LogP contribution < -0.4 is 10.8 Å². The number of likely N-dealkylation sites (N-methyl/N-ethyl adjacent to an activating group) is 1. The molecule has 0 saturated heterocycles. The largest absolute Gasteiger partial charge is 0.460 e. The Morgan fingerprint density at radius 1 is 1.22 bits per heavy atom. The van der Waals surface area contributed by atoms with Gasteiger partial charge in [0.05, 0.1) is 16.1 Å². The lowest BCUT2D eigenvalue weighted by atomic mass is 10.1. The van der Waals surface area contributed by atoms with E-state index in [2.05, 4.69) is 67.9 Å². The van der Waals surface area contributed by atoms with E-state index in [1.807, 2.05) is 31.1 Å². The first-order valence-corrected chi connectivity index (χ1v) is 15.9. The lowest BCUT2D eigenvalue weighted by Crippen LogP contribution is -2.44. The minimum atomic E-state index is -1.92. The molecule has 3 aromatic rings. The van der Waals surface area contributed by atoms with Crippen molar-refractivity contribution in [1.82, 2.24) is 15.4 Å². The summed E-state index contributed by atoms with van der Waals surface area (Å²) in [4.78, 5) is 19.7. The van der Waals surface area contributed by atoms with E-state index in [1.165, 1.54) is 16.9 Å². The molecule has 4 rings (SSSR count). The quantitative estimate of drug-likeness (QED) is 0.197. The van der Waals surface area contributed by atoms with Crippen LogP contribution in [0.15, 0.2) is 42.7 Å². The van der Waals surface area contributed by atoms with Crippen molar-refractivity contribution in [3.8, 4) is 0 Å². The van der Waals surface area contributed by atoms with Gasteiger partial charge in [0.2, 0.25) is 8.32 Å². The number of carbonyl (C=O) groups excluding carboxylic acids is 1. The minimum absolute atomic E-state index is 0.125. The standard InChI is InChI=1S/C27H36N4O3SSi/c1-27(2,3)36(6,7)34-30-22-11-8-18-16-19(9-10-20(18)22)29-24-21-12-13-28-17-23(21)35-25(24)26(32)33-15-14-31(4)5/h9-13,16-17,29-30H,8,14-15H2,1-7H3. The Labute approximate surface area is 218 Å². The Hall–Kier alpha value is -2.72. The molecular formula is C27H36N4O3SSi. The second-order valence-corrected chi connectivity index (χ2v) is 16.7. The number of fused-ring (bicyclic) bond motifs is 2. The number of nitrogens with one attached hydrogen (secondary N) is 2. The number of anilines is 2. The number of pyridine rings is 1. The van der Waals surface area contributed by atoms with Crippen LogP contribution in [0.1, 0.15) is 41.6 Å². The Kier molecular flexibility index (Phi) is 7.56. The van der Waals surface area contributed by atoms with Gasteiger partial charge in [-0.05, 0) is 62.4 Å². The number of hydrogen-bond acceptors (Lipinski definition) is 8. The molecule has 2 N–H and O–H groups in total. The third-order valence-electron chi connectivity index (χ3n) is 6.86. The topological polar surface area (TPSA) is 75.7 Å². The average molecular weight is 525 g/mol. The first kappa shape index (κ1) is 26.3. The molecule has 0 bridgehead atoms.